The van der Waals surface area contributed by atoms with Crippen molar-refractivity contribution in [3.8, 4) is 23.3 Å². The van der Waals surface area contributed by atoms with Crippen molar-refractivity contribution in [3.63, 3.8) is 0 Å². The summed E-state index contributed by atoms with van der Waals surface area (Å²) < 4.78 is 4.68. The summed E-state index contributed by atoms with van der Waals surface area (Å²) in [7, 11) is 0. The van der Waals surface area contributed by atoms with Gasteiger partial charge in [0.15, 0.2) is 0 Å². The molecule has 11 aromatic rings. The molecule has 5 heterocycles. The monoisotopic (exact) mass is 610 g/mol. The van der Waals surface area contributed by atoms with Crippen molar-refractivity contribution >= 4 is 81.7 Å². The number of pyridine rings is 1. The van der Waals surface area contributed by atoms with E-state index in [4.69, 9.17) is 15.0 Å². The van der Waals surface area contributed by atoms with E-state index in [1.54, 1.807) is 6.20 Å². The molecule has 6 heteroatoms. The predicted octanol–water partition coefficient (Wildman–Crippen LogP) is 9.96. The molecule has 0 aliphatic carbocycles. The Morgan fingerprint density at radius 1 is 0.562 bits per heavy atom. The van der Waals surface area contributed by atoms with E-state index in [9.17, 15) is 5.26 Å². The van der Waals surface area contributed by atoms with E-state index in [2.05, 4.69) is 106 Å². The first-order valence-electron chi connectivity index (χ1n) is 15.9. The summed E-state index contributed by atoms with van der Waals surface area (Å²) in [6, 6.07) is 46.5. The van der Waals surface area contributed by atoms with E-state index in [1.165, 1.54) is 43.5 Å². The molecule has 0 aliphatic rings. The molecule has 0 unspecified atom stereocenters. The minimum absolute atomic E-state index is 0.577. The first-order valence-corrected chi connectivity index (χ1v) is 15.9. The second kappa shape index (κ2) is 9.12. The molecule has 0 spiro atoms. The SMILES string of the molecule is N#Cc1ccc(-c2nc(-n3c4cc5ccccc5cc4c4cc5c6ccccc6n6c7ccccc7c(c43)c56)nc3cccnc23)cc1. The molecule has 0 saturated heterocycles. The quantitative estimate of drug-likeness (QED) is 0.195. The zero-order valence-corrected chi connectivity index (χ0v) is 25.4. The van der Waals surface area contributed by atoms with Crippen molar-refractivity contribution in [1.82, 2.24) is 23.9 Å². The topological polar surface area (TPSA) is 71.8 Å². The van der Waals surface area contributed by atoms with Gasteiger partial charge in [-0.2, -0.15) is 5.26 Å². The third kappa shape index (κ3) is 3.22. The van der Waals surface area contributed by atoms with Crippen molar-refractivity contribution in [2.75, 3.05) is 0 Å². The second-order valence-electron chi connectivity index (χ2n) is 12.4. The van der Waals surface area contributed by atoms with E-state index in [1.807, 2.05) is 36.4 Å². The third-order valence-electron chi connectivity index (χ3n) is 9.89. The Bertz CT molecular complexity index is 3180. The Morgan fingerprint density at radius 3 is 2.08 bits per heavy atom. The highest BCUT2D eigenvalue weighted by Crippen LogP contribution is 2.46. The van der Waals surface area contributed by atoms with E-state index in [0.29, 0.717) is 11.5 Å². The molecular formula is C42H22N6. The van der Waals surface area contributed by atoms with Gasteiger partial charge in [-0.25, -0.2) is 9.97 Å². The molecular weight excluding hydrogens is 589 g/mol. The second-order valence-corrected chi connectivity index (χ2v) is 12.4. The highest BCUT2D eigenvalue weighted by atomic mass is 15.2. The number of nitriles is 1. The lowest BCUT2D eigenvalue weighted by atomic mass is 10.0. The summed E-state index contributed by atoms with van der Waals surface area (Å²) in [4.78, 5) is 15.3. The predicted molar refractivity (Wildman–Crippen MR) is 194 cm³/mol. The molecule has 0 N–H and O–H groups in total. The van der Waals surface area contributed by atoms with Crippen molar-refractivity contribution in [2.24, 2.45) is 0 Å². The summed E-state index contributed by atoms with van der Waals surface area (Å²) in [5, 5.41) is 19.0. The summed E-state index contributed by atoms with van der Waals surface area (Å²) in [6.07, 6.45) is 1.78. The summed E-state index contributed by atoms with van der Waals surface area (Å²) >= 11 is 0. The smallest absolute Gasteiger partial charge is 0.235 e. The standard InChI is InChI=1S/C42H22N6/c43-23-24-15-17-25(18-16-24)38-39-33(12-7-19-44-39)45-42(46-38)48-36-21-27-9-2-1-8-26(27)20-30(36)32-22-31-28-10-3-5-13-34(28)47-35-14-6-4-11-29(35)37(40(31)47)41(32)48/h1-22H. The molecule has 0 amide bonds. The molecule has 0 atom stereocenters. The normalized spacial score (nSPS) is 12.1. The maximum Gasteiger partial charge on any atom is 0.235 e. The van der Waals surface area contributed by atoms with Crippen LogP contribution in [0.2, 0.25) is 0 Å². The van der Waals surface area contributed by atoms with Crippen LogP contribution in [0.15, 0.2) is 134 Å². The van der Waals surface area contributed by atoms with Crippen LogP contribution in [0.4, 0.5) is 0 Å². The average molecular weight is 611 g/mol. The molecule has 0 saturated carbocycles. The van der Waals surface area contributed by atoms with E-state index in [0.717, 1.165) is 49.5 Å². The van der Waals surface area contributed by atoms with Gasteiger partial charge >= 0.3 is 0 Å². The number of hydrogen-bond donors (Lipinski definition) is 0. The first-order chi connectivity index (χ1) is 23.8. The van der Waals surface area contributed by atoms with Crippen LogP contribution >= 0.6 is 0 Å². The van der Waals surface area contributed by atoms with Gasteiger partial charge in [0, 0.05) is 44.1 Å². The fourth-order valence-corrected chi connectivity index (χ4v) is 7.86. The van der Waals surface area contributed by atoms with Gasteiger partial charge in [-0.3, -0.25) is 9.55 Å². The molecule has 5 aromatic heterocycles. The molecule has 0 aliphatic heterocycles. The summed E-state index contributed by atoms with van der Waals surface area (Å²) in [5.41, 5.74) is 9.37. The van der Waals surface area contributed by atoms with Crippen LogP contribution in [0.3, 0.4) is 0 Å². The molecule has 6 nitrogen and oxygen atoms in total. The number of aromatic nitrogens is 5. The molecule has 0 bridgehead atoms. The van der Waals surface area contributed by atoms with E-state index in [-0.39, 0.29) is 0 Å². The Hall–Kier alpha value is -6.84. The van der Waals surface area contributed by atoms with Gasteiger partial charge in [0.1, 0.15) is 11.2 Å². The number of benzene rings is 6. The van der Waals surface area contributed by atoms with Gasteiger partial charge < -0.3 is 4.40 Å². The fourth-order valence-electron chi connectivity index (χ4n) is 7.86. The maximum atomic E-state index is 9.47. The lowest BCUT2D eigenvalue weighted by molar-refractivity contribution is 1.01. The van der Waals surface area contributed by atoms with Gasteiger partial charge in [0.25, 0.3) is 0 Å². The zero-order chi connectivity index (χ0) is 31.5. The Morgan fingerprint density at radius 2 is 1.27 bits per heavy atom. The average Bonchev–Trinajstić information content (AvgIpc) is 3.78. The fraction of sp³-hybridized carbons (Fsp3) is 0. The van der Waals surface area contributed by atoms with Gasteiger partial charge in [-0.15, -0.1) is 0 Å². The molecule has 11 rings (SSSR count). The Labute approximate surface area is 272 Å². The number of hydrogen-bond acceptors (Lipinski definition) is 4. The van der Waals surface area contributed by atoms with Crippen LogP contribution in [0.5, 0.6) is 0 Å². The van der Waals surface area contributed by atoms with Crippen LogP contribution < -0.4 is 0 Å². The largest absolute Gasteiger partial charge is 0.308 e. The van der Waals surface area contributed by atoms with E-state index >= 15 is 0 Å². The number of para-hydroxylation sites is 2. The van der Waals surface area contributed by atoms with E-state index < -0.39 is 0 Å². The highest BCUT2D eigenvalue weighted by molar-refractivity contribution is 6.34. The minimum Gasteiger partial charge on any atom is -0.308 e. The molecule has 48 heavy (non-hydrogen) atoms. The van der Waals surface area contributed by atoms with Gasteiger partial charge in [0.05, 0.1) is 44.7 Å². The zero-order valence-electron chi connectivity index (χ0n) is 25.4. The Balaban J connectivity index is 1.39. The van der Waals surface area contributed by atoms with Crippen molar-refractivity contribution in [3.05, 3.63) is 139 Å². The lowest BCUT2D eigenvalue weighted by Gasteiger charge is -2.12. The summed E-state index contributed by atoms with van der Waals surface area (Å²) in [5.74, 6) is 0.577. The third-order valence-corrected chi connectivity index (χ3v) is 9.89. The first kappa shape index (κ1) is 25.4. The molecule has 6 aromatic carbocycles. The number of fused-ring (bicyclic) bond motifs is 12. The van der Waals surface area contributed by atoms with Crippen molar-refractivity contribution in [1.29, 1.82) is 5.26 Å². The van der Waals surface area contributed by atoms with Gasteiger partial charge in [-0.05, 0) is 65.4 Å². The van der Waals surface area contributed by atoms with Crippen LogP contribution in [0, 0.1) is 11.3 Å². The highest BCUT2D eigenvalue weighted by Gasteiger charge is 2.26. The van der Waals surface area contributed by atoms with Crippen LogP contribution in [0.1, 0.15) is 5.56 Å². The molecule has 220 valence electrons. The minimum atomic E-state index is 0.577. The lowest BCUT2D eigenvalue weighted by Crippen LogP contribution is -2.04. The Kier molecular flexibility index (Phi) is 4.82. The van der Waals surface area contributed by atoms with Gasteiger partial charge in [0.2, 0.25) is 5.95 Å². The van der Waals surface area contributed by atoms with Gasteiger partial charge in [-0.1, -0.05) is 72.8 Å². The van der Waals surface area contributed by atoms with Crippen LogP contribution in [0.25, 0.3) is 98.9 Å². The van der Waals surface area contributed by atoms with Crippen LogP contribution in [-0.2, 0) is 0 Å². The molecule has 0 fully saturated rings. The number of nitrogens with zero attached hydrogens (tertiary/aromatic N) is 6. The van der Waals surface area contributed by atoms with Crippen molar-refractivity contribution < 1.29 is 0 Å². The number of rotatable bonds is 2. The van der Waals surface area contributed by atoms with Crippen LogP contribution in [-0.4, -0.2) is 23.9 Å². The van der Waals surface area contributed by atoms with Crippen molar-refractivity contribution in [2.45, 2.75) is 0 Å². The molecule has 0 radical (unpaired) electrons. The maximum absolute atomic E-state index is 9.47. The summed E-state index contributed by atoms with van der Waals surface area (Å²) in [6.45, 7) is 0.